The number of nitrogens with one attached hydrogen (secondary N) is 1. The second-order valence-electron chi connectivity index (χ2n) is 4.30. The van der Waals surface area contributed by atoms with Gasteiger partial charge in [-0.25, -0.2) is 4.39 Å². The van der Waals surface area contributed by atoms with Crippen LogP contribution in [0.4, 0.5) is 10.1 Å². The van der Waals surface area contributed by atoms with Gasteiger partial charge in [-0.3, -0.25) is 4.79 Å². The number of hydrogen-bond acceptors (Lipinski definition) is 2. The van der Waals surface area contributed by atoms with Gasteiger partial charge in [0.05, 0.1) is 10.7 Å². The normalized spacial score (nSPS) is 11.8. The van der Waals surface area contributed by atoms with E-state index >= 15 is 0 Å². The molecule has 0 radical (unpaired) electrons. The molecule has 3 nitrogen and oxygen atoms in total. The number of carbonyl (C=O) groups excluding carboxylic acids is 1. The Balaban J connectivity index is 2.06. The van der Waals surface area contributed by atoms with Crippen LogP contribution in [0.1, 0.15) is 6.92 Å². The highest BCUT2D eigenvalue weighted by molar-refractivity contribution is 6.34. The predicted octanol–water partition coefficient (Wildman–Crippen LogP) is 4.54. The molecular formula is C15H12Cl2FNO2. The van der Waals surface area contributed by atoms with Crippen molar-refractivity contribution >= 4 is 34.8 Å². The Labute approximate surface area is 131 Å². The Hall–Kier alpha value is -1.78. The summed E-state index contributed by atoms with van der Waals surface area (Å²) in [5.74, 6) is -0.713. The number of benzene rings is 2. The second-order valence-corrected chi connectivity index (χ2v) is 5.15. The Kier molecular flexibility index (Phi) is 5.04. The molecule has 0 saturated heterocycles. The van der Waals surface area contributed by atoms with Gasteiger partial charge in [0.25, 0.3) is 5.91 Å². The predicted molar refractivity (Wildman–Crippen MR) is 81.6 cm³/mol. The first-order chi connectivity index (χ1) is 9.97. The van der Waals surface area contributed by atoms with Crippen molar-refractivity contribution in [2.75, 3.05) is 5.32 Å². The van der Waals surface area contributed by atoms with Crippen LogP contribution >= 0.6 is 23.2 Å². The van der Waals surface area contributed by atoms with Crippen LogP contribution in [0, 0.1) is 5.82 Å². The van der Waals surface area contributed by atoms with Crippen LogP contribution in [0.2, 0.25) is 10.0 Å². The van der Waals surface area contributed by atoms with Crippen LogP contribution in [0.3, 0.4) is 0 Å². The molecule has 0 aliphatic heterocycles. The fraction of sp³-hybridized carbons (Fsp3) is 0.133. The Bertz CT molecular complexity index is 664. The highest BCUT2D eigenvalue weighted by atomic mass is 35.5. The van der Waals surface area contributed by atoms with E-state index in [1.54, 1.807) is 18.2 Å². The molecule has 2 aromatic rings. The summed E-state index contributed by atoms with van der Waals surface area (Å²) in [4.78, 5) is 12.0. The molecule has 2 rings (SSSR count). The maximum absolute atomic E-state index is 13.5. The van der Waals surface area contributed by atoms with Crippen molar-refractivity contribution in [1.29, 1.82) is 0 Å². The van der Waals surface area contributed by atoms with Crippen LogP contribution in [0.5, 0.6) is 5.75 Å². The van der Waals surface area contributed by atoms with Crippen LogP contribution in [0.15, 0.2) is 42.5 Å². The first-order valence-corrected chi connectivity index (χ1v) is 6.90. The fourth-order valence-electron chi connectivity index (χ4n) is 1.61. The third-order valence-electron chi connectivity index (χ3n) is 2.70. The molecule has 0 unspecified atom stereocenters. The molecule has 1 amide bonds. The molecule has 0 spiro atoms. The zero-order chi connectivity index (χ0) is 15.4. The number of halogens is 3. The van der Waals surface area contributed by atoms with E-state index in [1.165, 1.54) is 31.2 Å². The summed E-state index contributed by atoms with van der Waals surface area (Å²) in [6.45, 7) is 1.54. The van der Waals surface area contributed by atoms with Crippen molar-refractivity contribution in [3.63, 3.8) is 0 Å². The number of para-hydroxylation sites is 1. The Morgan fingerprint density at radius 2 is 1.95 bits per heavy atom. The van der Waals surface area contributed by atoms with Gasteiger partial charge in [0.2, 0.25) is 0 Å². The van der Waals surface area contributed by atoms with Gasteiger partial charge in [-0.15, -0.1) is 0 Å². The van der Waals surface area contributed by atoms with Crippen molar-refractivity contribution in [1.82, 2.24) is 0 Å². The molecule has 2 aromatic carbocycles. The molecular weight excluding hydrogens is 316 g/mol. The minimum absolute atomic E-state index is 0.0927. The molecule has 0 aliphatic rings. The number of rotatable bonds is 4. The molecule has 6 heteroatoms. The van der Waals surface area contributed by atoms with Gasteiger partial charge in [0.15, 0.2) is 6.10 Å². The van der Waals surface area contributed by atoms with Gasteiger partial charge in [-0.2, -0.15) is 0 Å². The van der Waals surface area contributed by atoms with Gasteiger partial charge in [-0.1, -0.05) is 35.3 Å². The number of ether oxygens (including phenoxy) is 1. The number of amides is 1. The minimum atomic E-state index is -0.861. The average Bonchev–Trinajstić information content (AvgIpc) is 2.45. The summed E-state index contributed by atoms with van der Waals surface area (Å²) in [7, 11) is 0. The van der Waals surface area contributed by atoms with E-state index in [0.717, 1.165) is 0 Å². The molecule has 0 saturated carbocycles. The smallest absolute Gasteiger partial charge is 0.265 e. The molecule has 21 heavy (non-hydrogen) atoms. The summed E-state index contributed by atoms with van der Waals surface area (Å²) >= 11 is 11.8. The molecule has 110 valence electrons. The SMILES string of the molecule is C[C@@H](Oc1cc(Cl)ccc1Cl)C(=O)Nc1ccccc1F. The largest absolute Gasteiger partial charge is 0.479 e. The van der Waals surface area contributed by atoms with Gasteiger partial charge < -0.3 is 10.1 Å². The first-order valence-electron chi connectivity index (χ1n) is 6.14. The summed E-state index contributed by atoms with van der Waals surface area (Å²) in [6, 6.07) is 10.6. The van der Waals surface area contributed by atoms with Crippen molar-refractivity contribution in [2.24, 2.45) is 0 Å². The summed E-state index contributed by atoms with van der Waals surface area (Å²) in [5, 5.41) is 3.23. The van der Waals surface area contributed by atoms with E-state index in [-0.39, 0.29) is 5.69 Å². The Morgan fingerprint density at radius 3 is 2.67 bits per heavy atom. The van der Waals surface area contributed by atoms with Crippen molar-refractivity contribution in [3.05, 3.63) is 58.3 Å². The van der Waals surface area contributed by atoms with E-state index in [1.807, 2.05) is 0 Å². The van der Waals surface area contributed by atoms with E-state index < -0.39 is 17.8 Å². The molecule has 0 aliphatic carbocycles. The van der Waals surface area contributed by atoms with Crippen LogP contribution in [-0.2, 0) is 4.79 Å². The monoisotopic (exact) mass is 327 g/mol. The molecule has 0 fully saturated rings. The van der Waals surface area contributed by atoms with Crippen molar-refractivity contribution in [2.45, 2.75) is 13.0 Å². The molecule has 0 bridgehead atoms. The van der Waals surface area contributed by atoms with E-state index in [9.17, 15) is 9.18 Å². The molecule has 0 aromatic heterocycles. The maximum atomic E-state index is 13.5. The van der Waals surface area contributed by atoms with E-state index in [4.69, 9.17) is 27.9 Å². The van der Waals surface area contributed by atoms with E-state index in [2.05, 4.69) is 5.32 Å². The third-order valence-corrected chi connectivity index (χ3v) is 3.25. The number of carbonyl (C=O) groups is 1. The quantitative estimate of drug-likeness (QED) is 0.895. The molecule has 0 heterocycles. The lowest BCUT2D eigenvalue weighted by Crippen LogP contribution is -2.30. The summed E-state index contributed by atoms with van der Waals surface area (Å²) < 4.78 is 18.9. The number of anilines is 1. The zero-order valence-electron chi connectivity index (χ0n) is 11.1. The van der Waals surface area contributed by atoms with Crippen molar-refractivity contribution in [3.8, 4) is 5.75 Å². The summed E-state index contributed by atoms with van der Waals surface area (Å²) in [6.07, 6.45) is -0.861. The second kappa shape index (κ2) is 6.78. The lowest BCUT2D eigenvalue weighted by atomic mass is 10.3. The first kappa shape index (κ1) is 15.6. The number of hydrogen-bond donors (Lipinski definition) is 1. The van der Waals surface area contributed by atoms with Crippen LogP contribution in [0.25, 0.3) is 0 Å². The third kappa shape index (κ3) is 4.09. The molecule has 1 N–H and O–H groups in total. The molecule has 1 atom stereocenters. The highest BCUT2D eigenvalue weighted by Crippen LogP contribution is 2.28. The Morgan fingerprint density at radius 1 is 1.24 bits per heavy atom. The van der Waals surface area contributed by atoms with Crippen LogP contribution in [-0.4, -0.2) is 12.0 Å². The van der Waals surface area contributed by atoms with Crippen molar-refractivity contribution < 1.29 is 13.9 Å². The standard InChI is InChI=1S/C15H12Cl2FNO2/c1-9(21-14-8-10(16)6-7-11(14)17)15(20)19-13-5-3-2-4-12(13)18/h2-9H,1H3,(H,19,20)/t9-/m1/s1. The van der Waals surface area contributed by atoms with Gasteiger partial charge in [0, 0.05) is 11.1 Å². The fourth-order valence-corrected chi connectivity index (χ4v) is 1.93. The van der Waals surface area contributed by atoms with Gasteiger partial charge >= 0.3 is 0 Å². The zero-order valence-corrected chi connectivity index (χ0v) is 12.6. The summed E-state index contributed by atoms with van der Waals surface area (Å²) in [5.41, 5.74) is 0.0927. The topological polar surface area (TPSA) is 38.3 Å². The lowest BCUT2D eigenvalue weighted by Gasteiger charge is -2.16. The highest BCUT2D eigenvalue weighted by Gasteiger charge is 2.17. The van der Waals surface area contributed by atoms with Gasteiger partial charge in [-0.05, 0) is 31.2 Å². The average molecular weight is 328 g/mol. The maximum Gasteiger partial charge on any atom is 0.265 e. The van der Waals surface area contributed by atoms with Crippen LogP contribution < -0.4 is 10.1 Å². The van der Waals surface area contributed by atoms with Gasteiger partial charge in [0.1, 0.15) is 11.6 Å². The van der Waals surface area contributed by atoms with E-state index in [0.29, 0.717) is 15.8 Å². The minimum Gasteiger partial charge on any atom is -0.479 e. The lowest BCUT2D eigenvalue weighted by molar-refractivity contribution is -0.122.